The number of anilines is 1. The highest BCUT2D eigenvalue weighted by molar-refractivity contribution is 7.89. The second kappa shape index (κ2) is 9.49. The number of carbonyl (C=O) groups is 1. The van der Waals surface area contributed by atoms with Crippen molar-refractivity contribution in [1.29, 1.82) is 5.26 Å². The molecule has 2 fully saturated rings. The fraction of sp³-hybridized carbons (Fsp3) is 0.391. The van der Waals surface area contributed by atoms with Crippen LogP contribution in [-0.2, 0) is 24.2 Å². The third kappa shape index (κ3) is 5.02. The van der Waals surface area contributed by atoms with Crippen molar-refractivity contribution in [3.8, 4) is 6.07 Å². The van der Waals surface area contributed by atoms with E-state index in [-0.39, 0.29) is 23.7 Å². The molecule has 4 unspecified atom stereocenters. The molecular weight excluding hydrogens is 446 g/mol. The number of sulfonamides is 1. The van der Waals surface area contributed by atoms with Gasteiger partial charge in [0.1, 0.15) is 18.3 Å². The lowest BCUT2D eigenvalue weighted by Crippen LogP contribution is -2.44. The van der Waals surface area contributed by atoms with E-state index >= 15 is 0 Å². The number of hydrogen-bond acceptors (Lipinski definition) is 7. The zero-order valence-corrected chi connectivity index (χ0v) is 19.0. The SMILES string of the molecule is CC(C)c1ccc(NC(=O)OC2COC3C(NS(=O)(=O)c4ccccc4C#N)COC23)cc1. The van der Waals surface area contributed by atoms with Gasteiger partial charge in [-0.2, -0.15) is 5.26 Å². The maximum atomic E-state index is 12.8. The van der Waals surface area contributed by atoms with E-state index in [1.807, 2.05) is 18.2 Å². The summed E-state index contributed by atoms with van der Waals surface area (Å²) in [5.74, 6) is 0.386. The Morgan fingerprint density at radius 1 is 1.09 bits per heavy atom. The van der Waals surface area contributed by atoms with E-state index < -0.39 is 40.5 Å². The quantitative estimate of drug-likeness (QED) is 0.663. The Morgan fingerprint density at radius 2 is 1.79 bits per heavy atom. The van der Waals surface area contributed by atoms with Gasteiger partial charge in [0.15, 0.2) is 6.10 Å². The lowest BCUT2D eigenvalue weighted by atomic mass is 10.0. The zero-order valence-electron chi connectivity index (χ0n) is 18.2. The minimum atomic E-state index is -3.97. The normalized spacial score (nSPS) is 24.3. The third-order valence-electron chi connectivity index (χ3n) is 5.69. The van der Waals surface area contributed by atoms with Crippen LogP contribution >= 0.6 is 0 Å². The van der Waals surface area contributed by atoms with Crippen LogP contribution in [0.15, 0.2) is 53.4 Å². The fourth-order valence-corrected chi connectivity index (χ4v) is 5.35. The van der Waals surface area contributed by atoms with E-state index in [1.54, 1.807) is 24.3 Å². The Labute approximate surface area is 192 Å². The van der Waals surface area contributed by atoms with Crippen LogP contribution in [0.2, 0.25) is 0 Å². The number of amides is 1. The van der Waals surface area contributed by atoms with Crippen LogP contribution in [0.1, 0.15) is 30.9 Å². The number of nitrogens with one attached hydrogen (secondary N) is 2. The molecule has 10 heteroatoms. The number of nitrogens with zero attached hydrogens (tertiary/aromatic N) is 1. The number of carbonyl (C=O) groups excluding carboxylic acids is 1. The molecule has 1 amide bonds. The van der Waals surface area contributed by atoms with Crippen LogP contribution in [0.3, 0.4) is 0 Å². The van der Waals surface area contributed by atoms with Crippen LogP contribution in [0.25, 0.3) is 0 Å². The van der Waals surface area contributed by atoms with Crippen molar-refractivity contribution >= 4 is 21.8 Å². The van der Waals surface area contributed by atoms with E-state index in [0.717, 1.165) is 5.56 Å². The number of rotatable bonds is 6. The Bertz CT molecular complexity index is 1160. The molecule has 0 spiro atoms. The van der Waals surface area contributed by atoms with Gasteiger partial charge in [0, 0.05) is 5.69 Å². The average molecular weight is 472 g/mol. The first-order chi connectivity index (χ1) is 15.8. The molecule has 2 N–H and O–H groups in total. The van der Waals surface area contributed by atoms with Crippen molar-refractivity contribution in [2.45, 2.75) is 49.0 Å². The molecule has 2 aromatic rings. The molecule has 0 aromatic heterocycles. The van der Waals surface area contributed by atoms with Crippen LogP contribution in [0, 0.1) is 11.3 Å². The van der Waals surface area contributed by atoms with Gasteiger partial charge in [-0.15, -0.1) is 0 Å². The maximum absolute atomic E-state index is 12.8. The fourth-order valence-electron chi connectivity index (χ4n) is 3.96. The lowest BCUT2D eigenvalue weighted by molar-refractivity contribution is 0.00883. The Balaban J connectivity index is 1.36. The van der Waals surface area contributed by atoms with Crippen LogP contribution in [0.4, 0.5) is 10.5 Å². The van der Waals surface area contributed by atoms with Gasteiger partial charge in [-0.3, -0.25) is 5.32 Å². The highest BCUT2D eigenvalue weighted by Crippen LogP contribution is 2.30. The number of nitriles is 1. The smallest absolute Gasteiger partial charge is 0.412 e. The summed E-state index contributed by atoms with van der Waals surface area (Å²) in [7, 11) is -3.97. The van der Waals surface area contributed by atoms with Gasteiger partial charge in [-0.1, -0.05) is 38.1 Å². The summed E-state index contributed by atoms with van der Waals surface area (Å²) in [4.78, 5) is 12.2. The molecule has 4 rings (SSSR count). The highest BCUT2D eigenvalue weighted by Gasteiger charge is 2.50. The van der Waals surface area contributed by atoms with E-state index in [4.69, 9.17) is 14.2 Å². The summed E-state index contributed by atoms with van der Waals surface area (Å²) >= 11 is 0. The second-order valence-corrected chi connectivity index (χ2v) is 9.96. The van der Waals surface area contributed by atoms with E-state index in [9.17, 15) is 18.5 Å². The van der Waals surface area contributed by atoms with Gasteiger partial charge in [0.25, 0.3) is 0 Å². The van der Waals surface area contributed by atoms with Crippen LogP contribution in [0.5, 0.6) is 0 Å². The third-order valence-corrected chi connectivity index (χ3v) is 7.24. The van der Waals surface area contributed by atoms with Gasteiger partial charge in [-0.25, -0.2) is 17.9 Å². The molecule has 0 aliphatic carbocycles. The Hall–Kier alpha value is -2.97. The topological polar surface area (TPSA) is 127 Å². The van der Waals surface area contributed by atoms with Gasteiger partial charge in [0.2, 0.25) is 10.0 Å². The Kier molecular flexibility index (Phi) is 6.67. The van der Waals surface area contributed by atoms with E-state index in [2.05, 4.69) is 23.9 Å². The molecule has 2 saturated heterocycles. The van der Waals surface area contributed by atoms with Crippen molar-refractivity contribution in [2.24, 2.45) is 0 Å². The summed E-state index contributed by atoms with van der Waals surface area (Å²) < 4.78 is 45.1. The summed E-state index contributed by atoms with van der Waals surface area (Å²) in [6.07, 6.45) is -2.53. The van der Waals surface area contributed by atoms with Crippen molar-refractivity contribution in [3.63, 3.8) is 0 Å². The molecule has 0 radical (unpaired) electrons. The molecular formula is C23H25N3O6S. The summed E-state index contributed by atoms with van der Waals surface area (Å²) in [6, 6.07) is 14.7. The molecule has 2 heterocycles. The van der Waals surface area contributed by atoms with Gasteiger partial charge in [0.05, 0.1) is 29.7 Å². The van der Waals surface area contributed by atoms with E-state index in [0.29, 0.717) is 11.6 Å². The van der Waals surface area contributed by atoms with Crippen molar-refractivity contribution in [2.75, 3.05) is 18.5 Å². The van der Waals surface area contributed by atoms with Gasteiger partial charge < -0.3 is 14.2 Å². The first-order valence-electron chi connectivity index (χ1n) is 10.6. The lowest BCUT2D eigenvalue weighted by Gasteiger charge is -2.18. The first-order valence-corrected chi connectivity index (χ1v) is 12.1. The number of benzene rings is 2. The summed E-state index contributed by atoms with van der Waals surface area (Å²) in [5.41, 5.74) is 1.81. The molecule has 33 heavy (non-hydrogen) atoms. The van der Waals surface area contributed by atoms with Gasteiger partial charge >= 0.3 is 6.09 Å². The van der Waals surface area contributed by atoms with Gasteiger partial charge in [-0.05, 0) is 35.7 Å². The molecule has 0 saturated carbocycles. The molecule has 4 atom stereocenters. The first kappa shape index (κ1) is 23.2. The zero-order chi connectivity index (χ0) is 23.6. The predicted molar refractivity (Wildman–Crippen MR) is 119 cm³/mol. The number of fused-ring (bicyclic) bond motifs is 1. The summed E-state index contributed by atoms with van der Waals surface area (Å²) in [6.45, 7) is 4.32. The molecule has 2 aromatic carbocycles. The highest BCUT2D eigenvalue weighted by atomic mass is 32.2. The monoisotopic (exact) mass is 471 g/mol. The molecule has 9 nitrogen and oxygen atoms in total. The molecule has 2 aliphatic rings. The van der Waals surface area contributed by atoms with Crippen molar-refractivity contribution < 1.29 is 27.4 Å². The van der Waals surface area contributed by atoms with Crippen LogP contribution in [-0.4, -0.2) is 52.1 Å². The Morgan fingerprint density at radius 3 is 2.48 bits per heavy atom. The van der Waals surface area contributed by atoms with E-state index in [1.165, 1.54) is 12.1 Å². The molecule has 174 valence electrons. The molecule has 2 aliphatic heterocycles. The standard InChI is InChI=1S/C23H25N3O6S/c1-14(2)15-7-9-17(10-8-15)25-23(27)32-19-13-31-21-18(12-30-22(19)21)26-33(28,29)20-6-4-3-5-16(20)11-24/h3-10,14,18-19,21-22,26H,12-13H2,1-2H3,(H,25,27). The number of hydrogen-bond donors (Lipinski definition) is 2. The average Bonchev–Trinajstić information content (AvgIpc) is 3.37. The van der Waals surface area contributed by atoms with Crippen LogP contribution < -0.4 is 10.0 Å². The predicted octanol–water partition coefficient (Wildman–Crippen LogP) is 2.74. The second-order valence-electron chi connectivity index (χ2n) is 8.28. The maximum Gasteiger partial charge on any atom is 0.412 e. The minimum Gasteiger partial charge on any atom is -0.441 e. The van der Waals surface area contributed by atoms with Crippen molar-refractivity contribution in [1.82, 2.24) is 4.72 Å². The largest absolute Gasteiger partial charge is 0.441 e. The van der Waals surface area contributed by atoms with Crippen molar-refractivity contribution in [3.05, 3.63) is 59.7 Å². The molecule has 0 bridgehead atoms. The summed E-state index contributed by atoms with van der Waals surface area (Å²) in [5, 5.41) is 11.9. The number of ether oxygens (including phenoxy) is 3. The minimum absolute atomic E-state index is 0.0483.